The lowest BCUT2D eigenvalue weighted by Crippen LogP contribution is -2.35. The number of carbonyl (C=O) groups excluding carboxylic acids is 5. The van der Waals surface area contributed by atoms with E-state index in [0.29, 0.717) is 19.5 Å². The highest BCUT2D eigenvalue weighted by atomic mass is 16.5. The average Bonchev–Trinajstić information content (AvgIpc) is 3.02. The fourth-order valence-corrected chi connectivity index (χ4v) is 2.41. The molecular formula is C19H29N3O7. The van der Waals surface area contributed by atoms with Crippen molar-refractivity contribution in [3.8, 4) is 0 Å². The molecule has 10 nitrogen and oxygen atoms in total. The van der Waals surface area contributed by atoms with Crippen LogP contribution in [-0.4, -0.2) is 80.9 Å². The molecular weight excluding hydrogens is 382 g/mol. The SMILES string of the molecule is O=CCCCCCNC(=O)COCCOCCNC(=O)CCN1C(=O)C=CC1=O. The molecule has 1 rings (SSSR count). The molecule has 0 fully saturated rings. The fraction of sp³-hybridized carbons (Fsp3) is 0.632. The first-order chi connectivity index (χ1) is 14.0. The van der Waals surface area contributed by atoms with E-state index in [1.165, 1.54) is 12.2 Å². The predicted molar refractivity (Wildman–Crippen MR) is 103 cm³/mol. The summed E-state index contributed by atoms with van der Waals surface area (Å²) in [7, 11) is 0. The Morgan fingerprint density at radius 2 is 1.59 bits per heavy atom. The van der Waals surface area contributed by atoms with Crippen LogP contribution in [0.1, 0.15) is 32.1 Å². The van der Waals surface area contributed by atoms with Crippen LogP contribution in [0.2, 0.25) is 0 Å². The highest BCUT2D eigenvalue weighted by Crippen LogP contribution is 2.03. The van der Waals surface area contributed by atoms with Gasteiger partial charge in [0.15, 0.2) is 0 Å². The van der Waals surface area contributed by atoms with Crippen LogP contribution in [0.25, 0.3) is 0 Å². The van der Waals surface area contributed by atoms with Gasteiger partial charge in [-0.3, -0.25) is 24.1 Å². The minimum Gasteiger partial charge on any atom is -0.377 e. The summed E-state index contributed by atoms with van der Waals surface area (Å²) in [5.74, 6) is -1.29. The van der Waals surface area contributed by atoms with Gasteiger partial charge in [-0.05, 0) is 12.8 Å². The summed E-state index contributed by atoms with van der Waals surface area (Å²) in [5.41, 5.74) is 0. The highest BCUT2D eigenvalue weighted by Gasteiger charge is 2.23. The molecule has 1 heterocycles. The largest absolute Gasteiger partial charge is 0.377 e. The Bertz CT molecular complexity index is 574. The molecule has 29 heavy (non-hydrogen) atoms. The van der Waals surface area contributed by atoms with Crippen molar-refractivity contribution in [1.82, 2.24) is 15.5 Å². The summed E-state index contributed by atoms with van der Waals surface area (Å²) in [6.07, 6.45) is 6.40. The lowest BCUT2D eigenvalue weighted by molar-refractivity contribution is -0.137. The van der Waals surface area contributed by atoms with Gasteiger partial charge in [-0.2, -0.15) is 0 Å². The van der Waals surface area contributed by atoms with E-state index in [-0.39, 0.29) is 51.2 Å². The van der Waals surface area contributed by atoms with Gasteiger partial charge in [0.05, 0.1) is 19.8 Å². The summed E-state index contributed by atoms with van der Waals surface area (Å²) in [6, 6.07) is 0. The number of carbonyl (C=O) groups is 5. The zero-order valence-electron chi connectivity index (χ0n) is 16.5. The highest BCUT2D eigenvalue weighted by molar-refractivity contribution is 6.13. The minimum absolute atomic E-state index is 0.0362. The van der Waals surface area contributed by atoms with Gasteiger partial charge < -0.3 is 24.9 Å². The number of imide groups is 1. The molecule has 0 atom stereocenters. The summed E-state index contributed by atoms with van der Waals surface area (Å²) in [5, 5.41) is 5.36. The topological polar surface area (TPSA) is 131 Å². The molecule has 10 heteroatoms. The van der Waals surface area contributed by atoms with E-state index in [0.717, 1.165) is 30.4 Å². The molecule has 0 saturated carbocycles. The standard InChI is InChI=1S/C19H29N3O7/c23-11-4-2-1-3-8-20-17(25)15-29-14-13-28-12-9-21-16(24)7-10-22-18(26)5-6-19(22)27/h5-6,11H,1-4,7-10,12-15H2,(H,20,25)(H,21,24). The second kappa shape index (κ2) is 15.3. The second-order valence-corrected chi connectivity index (χ2v) is 6.29. The summed E-state index contributed by atoms with van der Waals surface area (Å²) < 4.78 is 10.5. The first-order valence-corrected chi connectivity index (χ1v) is 9.70. The Morgan fingerprint density at radius 3 is 2.31 bits per heavy atom. The van der Waals surface area contributed by atoms with Crippen molar-refractivity contribution in [2.24, 2.45) is 0 Å². The van der Waals surface area contributed by atoms with E-state index in [1.54, 1.807) is 0 Å². The van der Waals surface area contributed by atoms with E-state index < -0.39 is 11.8 Å². The quantitative estimate of drug-likeness (QED) is 0.184. The molecule has 2 N–H and O–H groups in total. The fourth-order valence-electron chi connectivity index (χ4n) is 2.41. The van der Waals surface area contributed by atoms with Gasteiger partial charge in [0.1, 0.15) is 12.9 Å². The number of aldehydes is 1. The number of nitrogens with zero attached hydrogens (tertiary/aromatic N) is 1. The molecule has 162 valence electrons. The van der Waals surface area contributed by atoms with Crippen molar-refractivity contribution < 1.29 is 33.4 Å². The molecule has 0 aromatic rings. The van der Waals surface area contributed by atoms with Gasteiger partial charge in [-0.1, -0.05) is 6.42 Å². The zero-order valence-corrected chi connectivity index (χ0v) is 16.5. The van der Waals surface area contributed by atoms with Crippen LogP contribution in [0.3, 0.4) is 0 Å². The van der Waals surface area contributed by atoms with Crippen LogP contribution in [0.5, 0.6) is 0 Å². The maximum atomic E-state index is 11.7. The number of nitrogens with one attached hydrogen (secondary N) is 2. The third kappa shape index (κ3) is 11.8. The molecule has 0 bridgehead atoms. The van der Waals surface area contributed by atoms with Crippen molar-refractivity contribution in [2.45, 2.75) is 32.1 Å². The van der Waals surface area contributed by atoms with Crippen molar-refractivity contribution in [1.29, 1.82) is 0 Å². The molecule has 0 unspecified atom stereocenters. The Morgan fingerprint density at radius 1 is 0.897 bits per heavy atom. The zero-order chi connectivity index (χ0) is 21.3. The third-order valence-corrected chi connectivity index (χ3v) is 3.96. The minimum atomic E-state index is -0.408. The summed E-state index contributed by atoms with van der Waals surface area (Å²) >= 11 is 0. The molecule has 0 aliphatic carbocycles. The van der Waals surface area contributed by atoms with E-state index >= 15 is 0 Å². The van der Waals surface area contributed by atoms with E-state index in [9.17, 15) is 24.0 Å². The Kier molecular flexibility index (Phi) is 12.9. The number of ether oxygens (including phenoxy) is 2. The van der Waals surface area contributed by atoms with Crippen LogP contribution in [0, 0.1) is 0 Å². The number of rotatable bonds is 17. The molecule has 0 saturated heterocycles. The Labute approximate surface area is 170 Å². The molecule has 4 amide bonds. The van der Waals surface area contributed by atoms with Crippen molar-refractivity contribution in [2.75, 3.05) is 46.1 Å². The normalized spacial score (nSPS) is 13.0. The lowest BCUT2D eigenvalue weighted by Gasteiger charge is -2.13. The molecule has 0 aromatic carbocycles. The molecule has 0 aromatic heterocycles. The van der Waals surface area contributed by atoms with Crippen LogP contribution >= 0.6 is 0 Å². The number of hydrogen-bond donors (Lipinski definition) is 2. The number of amides is 4. The smallest absolute Gasteiger partial charge is 0.253 e. The molecule has 1 aliphatic heterocycles. The summed E-state index contributed by atoms with van der Waals surface area (Å²) in [6.45, 7) is 1.69. The molecule has 1 aliphatic rings. The van der Waals surface area contributed by atoms with Gasteiger partial charge in [-0.15, -0.1) is 0 Å². The number of hydrogen-bond acceptors (Lipinski definition) is 7. The Hall–Kier alpha value is -2.59. The van der Waals surface area contributed by atoms with Crippen LogP contribution in [0.4, 0.5) is 0 Å². The van der Waals surface area contributed by atoms with Gasteiger partial charge in [0, 0.05) is 44.6 Å². The first kappa shape index (κ1) is 24.4. The first-order valence-electron chi connectivity index (χ1n) is 9.70. The predicted octanol–water partition coefficient (Wildman–Crippen LogP) is -0.674. The van der Waals surface area contributed by atoms with Crippen LogP contribution in [-0.2, 0) is 33.4 Å². The van der Waals surface area contributed by atoms with Crippen LogP contribution in [0.15, 0.2) is 12.2 Å². The Balaban J connectivity index is 1.87. The maximum Gasteiger partial charge on any atom is 0.253 e. The van der Waals surface area contributed by atoms with Gasteiger partial charge in [0.2, 0.25) is 11.8 Å². The lowest BCUT2D eigenvalue weighted by atomic mass is 10.2. The average molecular weight is 411 g/mol. The van der Waals surface area contributed by atoms with Gasteiger partial charge >= 0.3 is 0 Å². The van der Waals surface area contributed by atoms with E-state index in [4.69, 9.17) is 9.47 Å². The number of unbranched alkanes of at least 4 members (excludes halogenated alkanes) is 3. The maximum absolute atomic E-state index is 11.7. The van der Waals surface area contributed by atoms with E-state index in [2.05, 4.69) is 10.6 Å². The van der Waals surface area contributed by atoms with Gasteiger partial charge in [0.25, 0.3) is 11.8 Å². The second-order valence-electron chi connectivity index (χ2n) is 6.29. The van der Waals surface area contributed by atoms with Crippen molar-refractivity contribution in [3.63, 3.8) is 0 Å². The third-order valence-electron chi connectivity index (χ3n) is 3.96. The summed E-state index contributed by atoms with van der Waals surface area (Å²) in [4.78, 5) is 57.0. The monoisotopic (exact) mass is 411 g/mol. The molecule has 0 radical (unpaired) electrons. The van der Waals surface area contributed by atoms with Crippen LogP contribution < -0.4 is 10.6 Å². The van der Waals surface area contributed by atoms with E-state index in [1.807, 2.05) is 0 Å². The molecule has 0 spiro atoms. The van der Waals surface area contributed by atoms with Gasteiger partial charge in [-0.25, -0.2) is 0 Å². The van der Waals surface area contributed by atoms with Crippen molar-refractivity contribution in [3.05, 3.63) is 12.2 Å². The van der Waals surface area contributed by atoms with Crippen molar-refractivity contribution >= 4 is 29.9 Å².